The monoisotopic (exact) mass is 273 g/mol. The molecule has 0 amide bonds. The van der Waals surface area contributed by atoms with Crippen LogP contribution in [-0.2, 0) is 33.3 Å². The molecule has 0 unspecified atom stereocenters. The second-order valence-electron chi connectivity index (χ2n) is 0. The quantitative estimate of drug-likeness (QED) is 0.414. The number of hydrogen-bond acceptors (Lipinski definition) is 0. The topological polar surface area (TPSA) is 0 Å². The average Bonchev–Trinajstić information content (AvgIpc) is 0. The summed E-state index contributed by atoms with van der Waals surface area (Å²) in [7, 11) is 0. The minimum absolute atomic E-state index is 0. The summed E-state index contributed by atoms with van der Waals surface area (Å²) in [5.41, 5.74) is 0. The van der Waals surface area contributed by atoms with E-state index in [-0.39, 0.29) is 68.5 Å². The Kier molecular flexibility index (Phi) is 177. The smallest absolute Gasteiger partial charge is 0 e. The maximum absolute atomic E-state index is 0. The molecule has 0 fully saturated rings. The molecule has 0 spiro atoms. The second kappa shape index (κ2) is 19.5. The molecular weight excluding hydrogens is 263 g/mol. The van der Waals surface area contributed by atoms with E-state index in [1.165, 1.54) is 0 Å². The number of hydrogen-bond donors (Lipinski definition) is 0. The Hall–Kier alpha value is 2.09. The summed E-state index contributed by atoms with van der Waals surface area (Å²) in [5.74, 6) is 0. The van der Waals surface area contributed by atoms with Gasteiger partial charge < -0.3 is 0 Å². The van der Waals surface area contributed by atoms with Crippen LogP contribution in [0.2, 0.25) is 0 Å². The molecule has 0 aliphatic carbocycles. The molecule has 0 aromatic heterocycles. The molecule has 0 rings (SSSR count). The van der Waals surface area contributed by atoms with E-state index in [0.717, 1.165) is 0 Å². The first-order valence-electron chi connectivity index (χ1n) is 0. The van der Waals surface area contributed by atoms with Crippen molar-refractivity contribution in [2.24, 2.45) is 0 Å². The van der Waals surface area contributed by atoms with E-state index in [4.69, 9.17) is 0 Å². The van der Waals surface area contributed by atoms with Crippen molar-refractivity contribution in [1.29, 1.82) is 0 Å². The van der Waals surface area contributed by atoms with Crippen molar-refractivity contribution in [3.63, 3.8) is 0 Å². The van der Waals surface area contributed by atoms with Gasteiger partial charge in [-0.1, -0.05) is 0 Å². The van der Waals surface area contributed by atoms with Gasteiger partial charge in [0.25, 0.3) is 0 Å². The molecule has 0 saturated heterocycles. The Bertz CT molecular complexity index is 6.00. The van der Waals surface area contributed by atoms with Crippen molar-refractivity contribution < 1.29 is 33.3 Å². The van der Waals surface area contributed by atoms with E-state index in [1.807, 2.05) is 0 Å². The van der Waals surface area contributed by atoms with Crippen molar-refractivity contribution in [3.05, 3.63) is 0 Å². The zero-order valence-electron chi connectivity index (χ0n) is 0.650. The van der Waals surface area contributed by atoms with Crippen LogP contribution in [0.15, 0.2) is 0 Å². The summed E-state index contributed by atoms with van der Waals surface area (Å²) < 4.78 is 0. The predicted molar refractivity (Wildman–Crippen MR) is 22.7 cm³/mol. The Morgan fingerprint density at radius 1 is 0.750 bits per heavy atom. The third-order valence-corrected chi connectivity index (χ3v) is 0. The molecule has 1 radical (unpaired) electrons. The van der Waals surface area contributed by atoms with Gasteiger partial charge in [0, 0.05) is 33.3 Å². The van der Waals surface area contributed by atoms with Gasteiger partial charge in [0.05, 0.1) is 0 Å². The molecule has 4 heteroatoms. The van der Waals surface area contributed by atoms with Crippen molar-refractivity contribution >= 4 is 35.2 Å². The van der Waals surface area contributed by atoms with Crippen molar-refractivity contribution in [3.8, 4) is 0 Å². The van der Waals surface area contributed by atoms with Crippen LogP contribution in [0.1, 0.15) is 0 Å². The minimum atomic E-state index is 0. The molecule has 0 aromatic carbocycles. The molecule has 0 aliphatic rings. The fraction of sp³-hybridized carbons (Fsp3) is 0. The van der Waals surface area contributed by atoms with Gasteiger partial charge in [0.15, 0.2) is 0 Å². The van der Waals surface area contributed by atoms with Gasteiger partial charge >= 0.3 is 35.2 Å². The average molecular weight is 271 g/mol. The Labute approximate surface area is 67.9 Å². The van der Waals surface area contributed by atoms with Gasteiger partial charge in [0.2, 0.25) is 0 Å². The molecule has 0 atom stereocenters. The van der Waals surface area contributed by atoms with Crippen LogP contribution >= 0.6 is 0 Å². The van der Waals surface area contributed by atoms with Crippen molar-refractivity contribution in [1.82, 2.24) is 0 Å². The summed E-state index contributed by atoms with van der Waals surface area (Å²) in [6.45, 7) is 0. The predicted octanol–water partition coefficient (Wildman–Crippen LogP) is -2.91. The first-order chi connectivity index (χ1) is 0. The maximum Gasteiger partial charge on any atom is 0 e. The second-order valence-corrected chi connectivity index (χ2v) is 0. The Balaban J connectivity index is 0. The van der Waals surface area contributed by atoms with E-state index < -0.39 is 0 Å². The standard InChI is InChI=1S/Co.2GeH4.Ni/h;2*1H4;. The van der Waals surface area contributed by atoms with Crippen LogP contribution in [0.5, 0.6) is 0 Å². The van der Waals surface area contributed by atoms with Crippen LogP contribution in [0.4, 0.5) is 0 Å². The first kappa shape index (κ1) is 36.2. The van der Waals surface area contributed by atoms with Crippen LogP contribution in [0, 0.1) is 0 Å². The minimum Gasteiger partial charge on any atom is 0 e. The fourth-order valence-electron chi connectivity index (χ4n) is 0. The number of rotatable bonds is 0. The molecule has 0 saturated carbocycles. The van der Waals surface area contributed by atoms with Crippen molar-refractivity contribution in [2.75, 3.05) is 0 Å². The van der Waals surface area contributed by atoms with Gasteiger partial charge in [-0.15, -0.1) is 0 Å². The summed E-state index contributed by atoms with van der Waals surface area (Å²) in [4.78, 5) is 0. The Morgan fingerprint density at radius 2 is 0.750 bits per heavy atom. The molecule has 0 nitrogen and oxygen atoms in total. The van der Waals surface area contributed by atoms with E-state index in [1.54, 1.807) is 0 Å². The van der Waals surface area contributed by atoms with Gasteiger partial charge in [0.1, 0.15) is 0 Å². The molecule has 4 heavy (non-hydrogen) atoms. The van der Waals surface area contributed by atoms with Gasteiger partial charge in [-0.05, 0) is 0 Å². The maximum atomic E-state index is 0. The Morgan fingerprint density at radius 3 is 0.750 bits per heavy atom. The SMILES string of the molecule is [Co].[GeH4].[GeH4].[Ni]. The van der Waals surface area contributed by atoms with Crippen LogP contribution in [0.25, 0.3) is 0 Å². The normalized spacial score (nSPS) is 0. The molecule has 0 bridgehead atoms. The first-order valence-corrected chi connectivity index (χ1v) is 0. The molecule has 0 aromatic rings. The van der Waals surface area contributed by atoms with E-state index in [0.29, 0.717) is 0 Å². The summed E-state index contributed by atoms with van der Waals surface area (Å²) >= 11 is 0. The zero-order chi connectivity index (χ0) is 0. The van der Waals surface area contributed by atoms with Crippen molar-refractivity contribution in [2.45, 2.75) is 0 Å². The fourth-order valence-corrected chi connectivity index (χ4v) is 0. The molecule has 0 heterocycles. The third-order valence-electron chi connectivity index (χ3n) is 0. The van der Waals surface area contributed by atoms with E-state index in [9.17, 15) is 0 Å². The molecule has 0 aliphatic heterocycles. The van der Waals surface area contributed by atoms with Gasteiger partial charge in [-0.3, -0.25) is 0 Å². The van der Waals surface area contributed by atoms with Crippen LogP contribution in [0.3, 0.4) is 0 Å². The van der Waals surface area contributed by atoms with Gasteiger partial charge in [-0.2, -0.15) is 0 Å². The van der Waals surface area contributed by atoms with Crippen LogP contribution < -0.4 is 0 Å². The van der Waals surface area contributed by atoms with Gasteiger partial charge in [-0.25, -0.2) is 0 Å². The van der Waals surface area contributed by atoms with E-state index >= 15 is 0 Å². The zero-order valence-corrected chi connectivity index (χ0v) is 2.68. The van der Waals surface area contributed by atoms with E-state index in [2.05, 4.69) is 0 Å². The third kappa shape index (κ3) is 8.94. The molecular formula is H8CoGe2Ni. The largest absolute Gasteiger partial charge is 0 e. The summed E-state index contributed by atoms with van der Waals surface area (Å²) in [5, 5.41) is 0. The molecule has 0 N–H and O–H groups in total. The van der Waals surface area contributed by atoms with Crippen LogP contribution in [-0.4, -0.2) is 35.2 Å². The summed E-state index contributed by atoms with van der Waals surface area (Å²) in [6.07, 6.45) is 0. The summed E-state index contributed by atoms with van der Waals surface area (Å²) in [6, 6.07) is 0. The molecule has 35 valence electrons.